The van der Waals surface area contributed by atoms with Gasteiger partial charge in [-0.3, -0.25) is 9.48 Å². The van der Waals surface area contributed by atoms with Crippen LogP contribution < -0.4 is 0 Å². The minimum absolute atomic E-state index is 0.0112. The summed E-state index contributed by atoms with van der Waals surface area (Å²) in [4.78, 5) is 14.4. The minimum Gasteiger partial charge on any atom is -0.336 e. The number of benzene rings is 1. The van der Waals surface area contributed by atoms with Gasteiger partial charge in [0.25, 0.3) is 0 Å². The van der Waals surface area contributed by atoms with E-state index in [-0.39, 0.29) is 17.8 Å². The molecule has 1 aliphatic rings. The third-order valence-electron chi connectivity index (χ3n) is 4.19. The topological polar surface area (TPSA) is 38.1 Å². The van der Waals surface area contributed by atoms with Crippen LogP contribution in [0, 0.1) is 5.82 Å². The van der Waals surface area contributed by atoms with E-state index in [4.69, 9.17) is 0 Å². The van der Waals surface area contributed by atoms with Gasteiger partial charge in [0, 0.05) is 26.2 Å². The fourth-order valence-electron chi connectivity index (χ4n) is 3.12. The number of hydrogen-bond donors (Lipinski definition) is 0. The van der Waals surface area contributed by atoms with E-state index >= 15 is 0 Å². The number of aromatic nitrogens is 2. The smallest absolute Gasteiger partial charge is 0.223 e. The lowest BCUT2D eigenvalue weighted by Crippen LogP contribution is -2.30. The highest BCUT2D eigenvalue weighted by atomic mass is 19.1. The molecule has 0 N–H and O–H groups in total. The summed E-state index contributed by atoms with van der Waals surface area (Å²) in [6, 6.07) is 6.60. The number of nitrogens with zero attached hydrogens (tertiary/aromatic N) is 3. The van der Waals surface area contributed by atoms with Crippen molar-refractivity contribution in [1.29, 1.82) is 0 Å². The molecular formula is C17H20FN3O. The van der Waals surface area contributed by atoms with Crippen LogP contribution in [0.2, 0.25) is 0 Å². The van der Waals surface area contributed by atoms with Gasteiger partial charge in [0.05, 0.1) is 12.2 Å². The summed E-state index contributed by atoms with van der Waals surface area (Å²) in [6.45, 7) is 0.757. The molecule has 1 fully saturated rings. The first-order valence-electron chi connectivity index (χ1n) is 7.66. The molecule has 1 saturated heterocycles. The van der Waals surface area contributed by atoms with Gasteiger partial charge in [-0.15, -0.1) is 0 Å². The van der Waals surface area contributed by atoms with E-state index in [0.29, 0.717) is 12.8 Å². The third-order valence-corrected chi connectivity index (χ3v) is 4.19. The zero-order chi connectivity index (χ0) is 15.5. The first kappa shape index (κ1) is 14.8. The van der Waals surface area contributed by atoms with Crippen molar-refractivity contribution >= 4 is 5.91 Å². The number of carbonyl (C=O) groups excluding carboxylic acids is 1. The van der Waals surface area contributed by atoms with Crippen molar-refractivity contribution in [2.24, 2.45) is 7.05 Å². The van der Waals surface area contributed by atoms with Crippen LogP contribution in [0.5, 0.6) is 0 Å². The number of hydrogen-bond acceptors (Lipinski definition) is 2. The standard InChI is InChI=1S/C17H20FN3O/c1-20-12-13(11-19-20)7-8-17(22)21-9-3-6-16(21)14-4-2-5-15(18)10-14/h2,4-5,10-12,16H,3,6-9H2,1H3/t16-/m1/s1. The normalized spacial score (nSPS) is 17.9. The average molecular weight is 301 g/mol. The van der Waals surface area contributed by atoms with E-state index in [2.05, 4.69) is 5.10 Å². The molecule has 2 heterocycles. The molecule has 1 aromatic carbocycles. The molecule has 1 aromatic heterocycles. The van der Waals surface area contributed by atoms with E-state index in [9.17, 15) is 9.18 Å². The van der Waals surface area contributed by atoms with Gasteiger partial charge in [-0.05, 0) is 42.5 Å². The molecule has 2 aromatic rings. The summed E-state index contributed by atoms with van der Waals surface area (Å²) in [5.74, 6) is -0.109. The number of carbonyl (C=O) groups is 1. The molecule has 0 spiro atoms. The Hall–Kier alpha value is -2.17. The van der Waals surface area contributed by atoms with Gasteiger partial charge >= 0.3 is 0 Å². The predicted molar refractivity (Wildman–Crippen MR) is 81.6 cm³/mol. The Morgan fingerprint density at radius 1 is 1.45 bits per heavy atom. The van der Waals surface area contributed by atoms with Crippen molar-refractivity contribution in [2.45, 2.75) is 31.7 Å². The molecule has 1 amide bonds. The van der Waals surface area contributed by atoms with Crippen molar-refractivity contribution < 1.29 is 9.18 Å². The Balaban J connectivity index is 1.66. The molecule has 0 bridgehead atoms. The Kier molecular flexibility index (Phi) is 4.22. The first-order chi connectivity index (χ1) is 10.6. The Labute approximate surface area is 129 Å². The Bertz CT molecular complexity index is 667. The molecular weight excluding hydrogens is 281 g/mol. The lowest BCUT2D eigenvalue weighted by molar-refractivity contribution is -0.132. The first-order valence-corrected chi connectivity index (χ1v) is 7.66. The lowest BCUT2D eigenvalue weighted by atomic mass is 10.0. The summed E-state index contributed by atoms with van der Waals surface area (Å²) in [5.41, 5.74) is 1.96. The molecule has 0 aliphatic carbocycles. The van der Waals surface area contributed by atoms with E-state index < -0.39 is 0 Å². The van der Waals surface area contributed by atoms with Gasteiger partial charge in [0.15, 0.2) is 0 Å². The number of likely N-dealkylation sites (tertiary alicyclic amines) is 1. The van der Waals surface area contributed by atoms with Crippen molar-refractivity contribution in [2.75, 3.05) is 6.54 Å². The van der Waals surface area contributed by atoms with Gasteiger partial charge in [-0.2, -0.15) is 5.10 Å². The number of halogens is 1. The summed E-state index contributed by atoms with van der Waals surface area (Å²) in [6.07, 6.45) is 6.76. The molecule has 22 heavy (non-hydrogen) atoms. The average Bonchev–Trinajstić information content (AvgIpc) is 3.13. The van der Waals surface area contributed by atoms with Gasteiger partial charge in [0.1, 0.15) is 5.82 Å². The van der Waals surface area contributed by atoms with Gasteiger partial charge in [-0.1, -0.05) is 12.1 Å². The maximum Gasteiger partial charge on any atom is 0.223 e. The van der Waals surface area contributed by atoms with E-state index in [0.717, 1.165) is 30.5 Å². The van der Waals surface area contributed by atoms with E-state index in [1.54, 1.807) is 16.9 Å². The highest BCUT2D eigenvalue weighted by molar-refractivity contribution is 5.77. The van der Waals surface area contributed by atoms with Crippen LogP contribution >= 0.6 is 0 Å². The Morgan fingerprint density at radius 2 is 2.32 bits per heavy atom. The van der Waals surface area contributed by atoms with Crippen LogP contribution in [-0.2, 0) is 18.3 Å². The highest BCUT2D eigenvalue weighted by Crippen LogP contribution is 2.32. The summed E-state index contributed by atoms with van der Waals surface area (Å²) in [5, 5.41) is 4.11. The maximum absolute atomic E-state index is 13.4. The SMILES string of the molecule is Cn1cc(CCC(=O)N2CCC[C@@H]2c2cccc(F)c2)cn1. The highest BCUT2D eigenvalue weighted by Gasteiger charge is 2.29. The Morgan fingerprint density at radius 3 is 3.05 bits per heavy atom. The van der Waals surface area contributed by atoms with Gasteiger partial charge in [0.2, 0.25) is 5.91 Å². The zero-order valence-electron chi connectivity index (χ0n) is 12.7. The second-order valence-electron chi connectivity index (χ2n) is 5.82. The maximum atomic E-state index is 13.4. The quantitative estimate of drug-likeness (QED) is 0.871. The van der Waals surface area contributed by atoms with Crippen molar-refractivity contribution in [3.05, 3.63) is 53.6 Å². The largest absolute Gasteiger partial charge is 0.336 e. The third kappa shape index (κ3) is 3.18. The van der Waals surface area contributed by atoms with Crippen LogP contribution in [0.3, 0.4) is 0 Å². The fraction of sp³-hybridized carbons (Fsp3) is 0.412. The summed E-state index contributed by atoms with van der Waals surface area (Å²) in [7, 11) is 1.87. The minimum atomic E-state index is -0.243. The zero-order valence-corrected chi connectivity index (χ0v) is 12.7. The molecule has 3 rings (SSSR count). The second-order valence-corrected chi connectivity index (χ2v) is 5.82. The molecule has 0 radical (unpaired) electrons. The van der Waals surface area contributed by atoms with Crippen molar-refractivity contribution in [1.82, 2.24) is 14.7 Å². The van der Waals surface area contributed by atoms with Crippen LogP contribution in [0.1, 0.15) is 36.4 Å². The molecule has 1 atom stereocenters. The summed E-state index contributed by atoms with van der Waals surface area (Å²) < 4.78 is 15.1. The van der Waals surface area contributed by atoms with Crippen LogP contribution in [0.25, 0.3) is 0 Å². The molecule has 116 valence electrons. The van der Waals surface area contributed by atoms with Crippen LogP contribution in [-0.4, -0.2) is 27.1 Å². The molecule has 0 unspecified atom stereocenters. The molecule has 1 aliphatic heterocycles. The van der Waals surface area contributed by atoms with Crippen LogP contribution in [0.15, 0.2) is 36.7 Å². The molecule has 0 saturated carbocycles. The van der Waals surface area contributed by atoms with Crippen LogP contribution in [0.4, 0.5) is 4.39 Å². The molecule has 4 nitrogen and oxygen atoms in total. The van der Waals surface area contributed by atoms with Crippen molar-refractivity contribution in [3.8, 4) is 0 Å². The van der Waals surface area contributed by atoms with Gasteiger partial charge in [-0.25, -0.2) is 4.39 Å². The number of aryl methyl sites for hydroxylation is 2. The van der Waals surface area contributed by atoms with Crippen molar-refractivity contribution in [3.63, 3.8) is 0 Å². The van der Waals surface area contributed by atoms with Gasteiger partial charge < -0.3 is 4.90 Å². The fourth-order valence-corrected chi connectivity index (χ4v) is 3.12. The lowest BCUT2D eigenvalue weighted by Gasteiger charge is -2.25. The number of amides is 1. The monoisotopic (exact) mass is 301 g/mol. The van der Waals surface area contributed by atoms with E-state index in [1.165, 1.54) is 12.1 Å². The number of rotatable bonds is 4. The predicted octanol–water partition coefficient (Wildman–Crippen LogP) is 2.86. The molecule has 5 heteroatoms. The summed E-state index contributed by atoms with van der Waals surface area (Å²) >= 11 is 0. The van der Waals surface area contributed by atoms with E-state index in [1.807, 2.05) is 24.2 Å². The second kappa shape index (κ2) is 6.30.